The van der Waals surface area contributed by atoms with E-state index in [9.17, 15) is 14.4 Å². The Bertz CT molecular complexity index is 1160. The first kappa shape index (κ1) is 20.9. The summed E-state index contributed by atoms with van der Waals surface area (Å²) >= 11 is 0. The van der Waals surface area contributed by atoms with Crippen molar-refractivity contribution < 1.29 is 23.9 Å². The highest BCUT2D eigenvalue weighted by Crippen LogP contribution is 2.24. The van der Waals surface area contributed by atoms with Crippen LogP contribution in [-0.2, 0) is 4.74 Å². The van der Waals surface area contributed by atoms with Crippen molar-refractivity contribution in [3.05, 3.63) is 83.9 Å². The van der Waals surface area contributed by atoms with Gasteiger partial charge in [0.1, 0.15) is 12.4 Å². The van der Waals surface area contributed by atoms with Crippen molar-refractivity contribution in [1.82, 2.24) is 0 Å². The van der Waals surface area contributed by atoms with Crippen LogP contribution in [0.3, 0.4) is 0 Å². The van der Waals surface area contributed by atoms with Gasteiger partial charge in [0.2, 0.25) is 0 Å². The topological polar surface area (TPSA) is 97.0 Å². The molecule has 0 saturated carbocycles. The van der Waals surface area contributed by atoms with Gasteiger partial charge in [-0.25, -0.2) is 4.79 Å². The first-order valence-corrected chi connectivity index (χ1v) is 9.95. The molecule has 0 aliphatic carbocycles. The molecule has 1 fully saturated rings. The minimum absolute atomic E-state index is 0.306. The number of carbonyl (C=O) groups excluding carboxylic acids is 3. The summed E-state index contributed by atoms with van der Waals surface area (Å²) in [7, 11) is 1.55. The van der Waals surface area contributed by atoms with Crippen LogP contribution in [0, 0.1) is 0 Å². The number of rotatable bonds is 6. The molecular formula is C24H21N3O5. The van der Waals surface area contributed by atoms with Gasteiger partial charge >= 0.3 is 6.09 Å². The Hall–Kier alpha value is -4.33. The van der Waals surface area contributed by atoms with E-state index in [0.717, 1.165) is 0 Å². The van der Waals surface area contributed by atoms with E-state index in [4.69, 9.17) is 9.47 Å². The molecule has 1 heterocycles. The fourth-order valence-electron chi connectivity index (χ4n) is 3.30. The van der Waals surface area contributed by atoms with Gasteiger partial charge in [0.05, 0.1) is 24.9 Å². The van der Waals surface area contributed by atoms with Crippen molar-refractivity contribution in [2.75, 3.05) is 35.8 Å². The molecule has 8 heteroatoms. The van der Waals surface area contributed by atoms with E-state index in [1.807, 2.05) is 0 Å². The maximum absolute atomic E-state index is 12.9. The van der Waals surface area contributed by atoms with Crippen LogP contribution < -0.4 is 20.3 Å². The number of amides is 3. The second-order valence-corrected chi connectivity index (χ2v) is 7.00. The van der Waals surface area contributed by atoms with Gasteiger partial charge in [-0.15, -0.1) is 0 Å². The maximum Gasteiger partial charge on any atom is 0.414 e. The molecule has 4 rings (SSSR count). The molecule has 0 radical (unpaired) electrons. The monoisotopic (exact) mass is 431 g/mol. The van der Waals surface area contributed by atoms with Crippen LogP contribution in [0.2, 0.25) is 0 Å². The van der Waals surface area contributed by atoms with Crippen LogP contribution in [0.4, 0.5) is 21.9 Å². The molecule has 162 valence electrons. The van der Waals surface area contributed by atoms with Crippen molar-refractivity contribution >= 4 is 35.0 Å². The number of ether oxygens (including phenoxy) is 2. The Balaban J connectivity index is 1.50. The number of hydrogen-bond donors (Lipinski definition) is 2. The molecule has 0 spiro atoms. The molecule has 3 aromatic carbocycles. The van der Waals surface area contributed by atoms with E-state index in [1.165, 1.54) is 4.90 Å². The summed E-state index contributed by atoms with van der Waals surface area (Å²) in [5.41, 5.74) is 2.27. The molecular weight excluding hydrogens is 410 g/mol. The molecule has 0 aromatic heterocycles. The standard InChI is InChI=1S/C24H21N3O5/c1-31-19-11-9-16(10-12-19)22(28)26-21-8-3-2-7-20(21)23(29)25-17-5-4-6-18(15-17)27-13-14-32-24(27)30/h2-12,15H,13-14H2,1H3,(H,25,29)(H,26,28). The number of hydrogen-bond acceptors (Lipinski definition) is 5. The molecule has 1 aliphatic rings. The zero-order valence-electron chi connectivity index (χ0n) is 17.3. The molecule has 32 heavy (non-hydrogen) atoms. The molecule has 3 amide bonds. The smallest absolute Gasteiger partial charge is 0.414 e. The quantitative estimate of drug-likeness (QED) is 0.611. The van der Waals surface area contributed by atoms with Gasteiger partial charge in [0.25, 0.3) is 11.8 Å². The predicted octanol–water partition coefficient (Wildman–Crippen LogP) is 4.16. The highest BCUT2D eigenvalue weighted by Gasteiger charge is 2.24. The number of benzene rings is 3. The normalized spacial score (nSPS) is 12.8. The molecule has 3 aromatic rings. The number of methoxy groups -OCH3 is 1. The van der Waals surface area contributed by atoms with Crippen LogP contribution in [-0.4, -0.2) is 38.2 Å². The molecule has 1 saturated heterocycles. The second-order valence-electron chi connectivity index (χ2n) is 7.00. The van der Waals surface area contributed by atoms with Crippen molar-refractivity contribution in [2.24, 2.45) is 0 Å². The first-order valence-electron chi connectivity index (χ1n) is 9.95. The summed E-state index contributed by atoms with van der Waals surface area (Å²) < 4.78 is 10.1. The zero-order valence-corrected chi connectivity index (χ0v) is 17.3. The third kappa shape index (κ3) is 4.54. The fourth-order valence-corrected chi connectivity index (χ4v) is 3.30. The SMILES string of the molecule is COc1ccc(C(=O)Nc2ccccc2C(=O)Nc2cccc(N3CCOC3=O)c2)cc1. The van der Waals surface area contributed by atoms with E-state index in [-0.39, 0.29) is 5.91 Å². The van der Waals surface area contributed by atoms with Gasteiger partial charge in [-0.1, -0.05) is 18.2 Å². The summed E-state index contributed by atoms with van der Waals surface area (Å²) in [5, 5.41) is 5.60. The lowest BCUT2D eigenvalue weighted by Crippen LogP contribution is -2.23. The van der Waals surface area contributed by atoms with Gasteiger partial charge < -0.3 is 20.1 Å². The Morgan fingerprint density at radius 1 is 0.938 bits per heavy atom. The van der Waals surface area contributed by atoms with Crippen LogP contribution in [0.25, 0.3) is 0 Å². The molecule has 0 atom stereocenters. The number of carbonyl (C=O) groups is 3. The van der Waals surface area contributed by atoms with Crippen molar-refractivity contribution in [1.29, 1.82) is 0 Å². The molecule has 0 bridgehead atoms. The van der Waals surface area contributed by atoms with E-state index >= 15 is 0 Å². The molecule has 0 unspecified atom stereocenters. The number of cyclic esters (lactones) is 1. The summed E-state index contributed by atoms with van der Waals surface area (Å²) in [6.45, 7) is 0.785. The third-order valence-corrected chi connectivity index (χ3v) is 4.95. The largest absolute Gasteiger partial charge is 0.497 e. The summed E-state index contributed by atoms with van der Waals surface area (Å²) in [6, 6.07) is 20.3. The average Bonchev–Trinajstić information content (AvgIpc) is 3.25. The maximum atomic E-state index is 12.9. The van der Waals surface area contributed by atoms with E-state index < -0.39 is 12.0 Å². The lowest BCUT2D eigenvalue weighted by molar-refractivity contribution is 0.102. The first-order chi connectivity index (χ1) is 15.5. The average molecular weight is 431 g/mol. The van der Waals surface area contributed by atoms with Crippen molar-refractivity contribution in [2.45, 2.75) is 0 Å². The second kappa shape index (κ2) is 9.22. The number of nitrogens with one attached hydrogen (secondary N) is 2. The Kier molecular flexibility index (Phi) is 6.03. The van der Waals surface area contributed by atoms with E-state index in [1.54, 1.807) is 79.9 Å². The predicted molar refractivity (Wildman–Crippen MR) is 120 cm³/mol. The van der Waals surface area contributed by atoms with Crippen LogP contribution in [0.1, 0.15) is 20.7 Å². The minimum atomic E-state index is -0.417. The summed E-state index contributed by atoms with van der Waals surface area (Å²) in [4.78, 5) is 38.9. The van der Waals surface area contributed by atoms with Gasteiger partial charge in [-0.05, 0) is 54.6 Å². The molecule has 2 N–H and O–H groups in total. The molecule has 8 nitrogen and oxygen atoms in total. The van der Waals surface area contributed by atoms with E-state index in [2.05, 4.69) is 10.6 Å². The van der Waals surface area contributed by atoms with Crippen LogP contribution in [0.5, 0.6) is 5.75 Å². The highest BCUT2D eigenvalue weighted by atomic mass is 16.6. The third-order valence-electron chi connectivity index (χ3n) is 4.95. The summed E-state index contributed by atoms with van der Waals surface area (Å²) in [6.07, 6.45) is -0.417. The van der Waals surface area contributed by atoms with Crippen molar-refractivity contribution in [3.8, 4) is 5.75 Å². The number of nitrogens with zero attached hydrogens (tertiary/aromatic N) is 1. The van der Waals surface area contributed by atoms with Crippen molar-refractivity contribution in [3.63, 3.8) is 0 Å². The van der Waals surface area contributed by atoms with Crippen LogP contribution >= 0.6 is 0 Å². The Morgan fingerprint density at radius 2 is 1.72 bits per heavy atom. The fraction of sp³-hybridized carbons (Fsp3) is 0.125. The van der Waals surface area contributed by atoms with Gasteiger partial charge in [-0.3, -0.25) is 14.5 Å². The lowest BCUT2D eigenvalue weighted by Gasteiger charge is -2.15. The van der Waals surface area contributed by atoms with Gasteiger partial charge in [0, 0.05) is 16.9 Å². The van der Waals surface area contributed by atoms with E-state index in [0.29, 0.717) is 47.1 Å². The lowest BCUT2D eigenvalue weighted by atomic mass is 10.1. The molecule has 1 aliphatic heterocycles. The number of anilines is 3. The Labute approximate surface area is 184 Å². The van der Waals surface area contributed by atoms with Crippen LogP contribution in [0.15, 0.2) is 72.8 Å². The van der Waals surface area contributed by atoms with Gasteiger partial charge in [-0.2, -0.15) is 0 Å². The number of para-hydroxylation sites is 1. The summed E-state index contributed by atoms with van der Waals surface area (Å²) in [5.74, 6) is -0.0926. The van der Waals surface area contributed by atoms with Gasteiger partial charge in [0.15, 0.2) is 0 Å². The zero-order chi connectivity index (χ0) is 22.5. The minimum Gasteiger partial charge on any atom is -0.497 e. The Morgan fingerprint density at radius 3 is 2.44 bits per heavy atom. The highest BCUT2D eigenvalue weighted by molar-refractivity contribution is 6.12.